The number of nitrogens with one attached hydrogen (secondary N) is 3. The Morgan fingerprint density at radius 2 is 1.98 bits per heavy atom. The maximum atomic E-state index is 12.7. The maximum Gasteiger partial charge on any atom is 0.323 e. The highest BCUT2D eigenvalue weighted by Crippen LogP contribution is 2.48. The lowest BCUT2D eigenvalue weighted by Gasteiger charge is -2.28. The molecule has 5 rings (SSSR count). The molecule has 2 aromatic carbocycles. The zero-order valence-electron chi connectivity index (χ0n) is 25.2. The fourth-order valence-corrected chi connectivity index (χ4v) is 7.54. The maximum absolute atomic E-state index is 12.7. The molecule has 5 atom stereocenters. The number of fused-ring (bicyclic) bond motifs is 2. The van der Waals surface area contributed by atoms with Gasteiger partial charge in [0, 0.05) is 24.1 Å². The summed E-state index contributed by atoms with van der Waals surface area (Å²) in [5.74, 6) is 0.358. The van der Waals surface area contributed by atoms with Crippen LogP contribution in [0.3, 0.4) is 0 Å². The van der Waals surface area contributed by atoms with Crippen LogP contribution in [0, 0.1) is 11.3 Å². The van der Waals surface area contributed by atoms with Crippen LogP contribution in [0.15, 0.2) is 48.8 Å². The molecule has 0 amide bonds. The summed E-state index contributed by atoms with van der Waals surface area (Å²) in [5.41, 5.74) is 7.42. The van der Waals surface area contributed by atoms with Gasteiger partial charge in [-0.1, -0.05) is 36.4 Å². The molecule has 2 aromatic heterocycles. The van der Waals surface area contributed by atoms with Crippen LogP contribution < -0.4 is 20.7 Å². The van der Waals surface area contributed by atoms with E-state index in [2.05, 4.69) is 25.4 Å². The number of nitrogens with zero attached hydrogens (tertiary/aromatic N) is 4. The number of carbonyl (C=O) groups excluding carboxylic acids is 1. The Balaban J connectivity index is 1.40. The number of aromatic nitrogens is 4. The summed E-state index contributed by atoms with van der Waals surface area (Å²) in [6.07, 6.45) is 0.756. The van der Waals surface area contributed by atoms with Gasteiger partial charge in [0.15, 0.2) is 17.0 Å². The molecule has 0 radical (unpaired) electrons. The van der Waals surface area contributed by atoms with Crippen molar-refractivity contribution in [2.24, 2.45) is 5.92 Å². The van der Waals surface area contributed by atoms with E-state index in [1.807, 2.05) is 42.5 Å². The van der Waals surface area contributed by atoms with Crippen molar-refractivity contribution in [2.75, 3.05) is 24.7 Å². The van der Waals surface area contributed by atoms with Crippen molar-refractivity contribution in [3.8, 4) is 5.75 Å². The van der Waals surface area contributed by atoms with Gasteiger partial charge < -0.3 is 35.0 Å². The van der Waals surface area contributed by atoms with Crippen molar-refractivity contribution in [3.63, 3.8) is 0 Å². The monoisotopic (exact) mass is 640 g/mol. The lowest BCUT2D eigenvalue weighted by atomic mass is 9.98. The van der Waals surface area contributed by atoms with E-state index in [1.54, 1.807) is 45.6 Å². The highest BCUT2D eigenvalue weighted by molar-refractivity contribution is 8.09. The van der Waals surface area contributed by atoms with Gasteiger partial charge in [0.25, 0.3) is 0 Å². The molecule has 1 aliphatic heterocycles. The molecular formula is C29H37N8O5PS. The number of hydrogen-bond donors (Lipinski definition) is 4. The standard InChI is InChI=1S/C29H37N8O5PS/c1-16(2)40-28(38)18(4)36-43(44,42-23-12-8-10-19-9-6-7-11-21(19)23)39-14-20-13-22(17(3)30)27(41-20)37-15-33-24-25(32-5)34-29(31)35-26(24)37/h6-12,15-16,18,20,22,27,30H,13-14H2,1-5H3,(H,36,44)(H3,31,32,34,35)/t18-,20-,22+,27+,43?/m0/s1. The molecule has 1 aliphatic rings. The minimum absolute atomic E-state index is 0.0484. The molecule has 1 unspecified atom stereocenters. The minimum Gasteiger partial charge on any atom is -0.462 e. The van der Waals surface area contributed by atoms with E-state index in [0.717, 1.165) is 10.8 Å². The third-order valence-corrected chi connectivity index (χ3v) is 9.64. The highest BCUT2D eigenvalue weighted by atomic mass is 32.5. The molecule has 0 spiro atoms. The van der Waals surface area contributed by atoms with Gasteiger partial charge in [-0.25, -0.2) is 10.1 Å². The number of nitrogen functional groups attached to an aromatic ring is 1. The van der Waals surface area contributed by atoms with Gasteiger partial charge in [-0.3, -0.25) is 9.36 Å². The molecule has 0 bridgehead atoms. The number of anilines is 2. The molecule has 0 saturated carbocycles. The number of rotatable bonds is 12. The van der Waals surface area contributed by atoms with Crippen molar-refractivity contribution in [1.82, 2.24) is 24.6 Å². The summed E-state index contributed by atoms with van der Waals surface area (Å²) in [6.45, 7) is 3.66. The fourth-order valence-electron chi connectivity index (χ4n) is 5.10. The van der Waals surface area contributed by atoms with Crippen molar-refractivity contribution < 1.29 is 23.3 Å². The van der Waals surface area contributed by atoms with Crippen LogP contribution in [0.25, 0.3) is 21.9 Å². The molecule has 5 N–H and O–H groups in total. The zero-order valence-corrected chi connectivity index (χ0v) is 26.9. The molecule has 15 heteroatoms. The summed E-state index contributed by atoms with van der Waals surface area (Å²) in [6, 6.07) is 12.7. The number of benzene rings is 2. The minimum atomic E-state index is -3.35. The van der Waals surface area contributed by atoms with Crippen molar-refractivity contribution in [3.05, 3.63) is 48.8 Å². The van der Waals surface area contributed by atoms with Crippen LogP contribution in [0.5, 0.6) is 5.75 Å². The second kappa shape index (κ2) is 13.1. The van der Waals surface area contributed by atoms with Crippen molar-refractivity contribution in [1.29, 1.82) is 5.41 Å². The van der Waals surface area contributed by atoms with E-state index < -0.39 is 31.0 Å². The van der Waals surface area contributed by atoms with Gasteiger partial charge in [0.2, 0.25) is 5.95 Å². The number of ether oxygens (including phenoxy) is 2. The fraction of sp³-hybridized carbons (Fsp3) is 0.414. The lowest BCUT2D eigenvalue weighted by Crippen LogP contribution is -2.36. The van der Waals surface area contributed by atoms with Crippen LogP contribution in [-0.4, -0.2) is 63.1 Å². The molecule has 1 saturated heterocycles. The molecule has 0 aliphatic carbocycles. The van der Waals surface area contributed by atoms with E-state index in [4.69, 9.17) is 41.5 Å². The molecular weight excluding hydrogens is 603 g/mol. The van der Waals surface area contributed by atoms with Crippen LogP contribution in [-0.2, 0) is 30.6 Å². The van der Waals surface area contributed by atoms with E-state index in [9.17, 15) is 4.79 Å². The Labute approximate surface area is 260 Å². The first-order chi connectivity index (χ1) is 21.0. The first-order valence-electron chi connectivity index (χ1n) is 14.3. The highest BCUT2D eigenvalue weighted by Gasteiger charge is 2.40. The van der Waals surface area contributed by atoms with Gasteiger partial charge in [0.1, 0.15) is 18.0 Å². The van der Waals surface area contributed by atoms with Crippen LogP contribution >= 0.6 is 6.64 Å². The van der Waals surface area contributed by atoms with Gasteiger partial charge in [-0.15, -0.1) is 0 Å². The smallest absolute Gasteiger partial charge is 0.323 e. The van der Waals surface area contributed by atoms with Crippen LogP contribution in [0.4, 0.5) is 11.8 Å². The Bertz CT molecular complexity index is 1730. The van der Waals surface area contributed by atoms with E-state index in [0.29, 0.717) is 34.9 Å². The van der Waals surface area contributed by atoms with E-state index in [1.165, 1.54) is 0 Å². The van der Waals surface area contributed by atoms with Crippen molar-refractivity contribution in [2.45, 2.75) is 58.6 Å². The number of esters is 1. The third kappa shape index (κ3) is 6.84. The summed E-state index contributed by atoms with van der Waals surface area (Å²) in [4.78, 5) is 25.8. The topological polar surface area (TPSA) is 172 Å². The normalized spacial score (nSPS) is 20.5. The Kier molecular flexibility index (Phi) is 9.47. The lowest BCUT2D eigenvalue weighted by molar-refractivity contribution is -0.149. The van der Waals surface area contributed by atoms with Crippen LogP contribution in [0.1, 0.15) is 40.3 Å². The number of imidazole rings is 1. The summed E-state index contributed by atoms with van der Waals surface area (Å²) >= 11 is 5.98. The molecule has 13 nitrogen and oxygen atoms in total. The van der Waals surface area contributed by atoms with E-state index >= 15 is 0 Å². The van der Waals surface area contributed by atoms with Crippen molar-refractivity contribution >= 4 is 63.8 Å². The Morgan fingerprint density at radius 1 is 1.23 bits per heavy atom. The molecule has 3 heterocycles. The molecule has 1 fully saturated rings. The van der Waals surface area contributed by atoms with Gasteiger partial charge in [0.05, 0.1) is 25.1 Å². The zero-order chi connectivity index (χ0) is 31.6. The molecule has 234 valence electrons. The third-order valence-electron chi connectivity index (χ3n) is 7.15. The first kappa shape index (κ1) is 31.7. The SMILES string of the molecule is CNc1nc(N)nc2c1ncn2[C@@H]1O[C@H](COP(=S)(N[C@@H](C)C(=O)OC(C)C)Oc2cccc3ccccc23)C[C@@H]1C(C)=N. The summed E-state index contributed by atoms with van der Waals surface area (Å²) in [7, 11) is 1.73. The predicted octanol–water partition coefficient (Wildman–Crippen LogP) is 4.80. The number of carbonyl (C=O) groups is 1. The summed E-state index contributed by atoms with van der Waals surface area (Å²) < 4.78 is 26.4. The van der Waals surface area contributed by atoms with Crippen LogP contribution in [0.2, 0.25) is 0 Å². The first-order valence-corrected chi connectivity index (χ1v) is 16.9. The van der Waals surface area contributed by atoms with Gasteiger partial charge in [-0.05, 0) is 57.4 Å². The average Bonchev–Trinajstić information content (AvgIpc) is 3.60. The number of hydrogen-bond acceptors (Lipinski definition) is 12. The second-order valence-electron chi connectivity index (χ2n) is 10.9. The number of nitrogens with two attached hydrogens (primary N) is 1. The Hall–Kier alpha value is -3.68. The molecule has 4 aromatic rings. The predicted molar refractivity (Wildman–Crippen MR) is 173 cm³/mol. The van der Waals surface area contributed by atoms with Gasteiger partial charge >= 0.3 is 12.6 Å². The Morgan fingerprint density at radius 3 is 2.70 bits per heavy atom. The second-order valence-corrected chi connectivity index (χ2v) is 14.0. The van der Waals surface area contributed by atoms with Gasteiger partial charge in [-0.2, -0.15) is 9.97 Å². The largest absolute Gasteiger partial charge is 0.462 e. The van der Waals surface area contributed by atoms with E-state index in [-0.39, 0.29) is 24.6 Å². The summed E-state index contributed by atoms with van der Waals surface area (Å²) in [5, 5.41) is 16.4. The molecule has 44 heavy (non-hydrogen) atoms. The quantitative estimate of drug-likeness (QED) is 0.0949. The average molecular weight is 641 g/mol.